The number of furan rings is 1. The van der Waals surface area contributed by atoms with Crippen LogP contribution in [0.25, 0.3) is 10.2 Å². The number of hydrogen-bond donors (Lipinski definition) is 1. The molecule has 1 amide bonds. The number of aryl methyl sites for hydroxylation is 1. The summed E-state index contributed by atoms with van der Waals surface area (Å²) in [5.41, 5.74) is -0.0307. The lowest BCUT2D eigenvalue weighted by Gasteiger charge is -2.24. The minimum Gasteiger partial charge on any atom is -0.503 e. The molecule has 7 nitrogen and oxygen atoms in total. The number of carbonyl (C=O) groups excluding carboxylic acids is 2. The number of fused-ring (bicyclic) bond motifs is 1. The van der Waals surface area contributed by atoms with Gasteiger partial charge in [0.2, 0.25) is 5.78 Å². The number of aliphatic hydroxyl groups is 1. The molecule has 1 aliphatic rings. The molecule has 0 saturated carbocycles. The van der Waals surface area contributed by atoms with Crippen molar-refractivity contribution in [2.24, 2.45) is 0 Å². The number of anilines is 1. The molecule has 2 aromatic carbocycles. The minimum absolute atomic E-state index is 0.118. The highest BCUT2D eigenvalue weighted by Crippen LogP contribution is 2.45. The summed E-state index contributed by atoms with van der Waals surface area (Å²) in [6, 6.07) is 9.44. The summed E-state index contributed by atoms with van der Waals surface area (Å²) in [6.07, 6.45) is 0. The van der Waals surface area contributed by atoms with Crippen molar-refractivity contribution >= 4 is 38.4 Å². The van der Waals surface area contributed by atoms with E-state index in [1.165, 1.54) is 13.2 Å². The Bertz CT molecular complexity index is 1510. The molecule has 0 bridgehead atoms. The first-order chi connectivity index (χ1) is 16.3. The van der Waals surface area contributed by atoms with E-state index in [1.807, 2.05) is 0 Å². The van der Waals surface area contributed by atoms with Crippen LogP contribution in [-0.4, -0.2) is 28.9 Å². The Labute approximate surface area is 195 Å². The van der Waals surface area contributed by atoms with Crippen LogP contribution in [-0.2, 0) is 4.79 Å². The first-order valence-electron chi connectivity index (χ1n) is 10.1. The molecule has 2 aromatic heterocycles. The van der Waals surface area contributed by atoms with E-state index in [2.05, 4.69) is 4.98 Å². The number of amides is 1. The molecule has 10 heteroatoms. The molecule has 1 aliphatic heterocycles. The van der Waals surface area contributed by atoms with Gasteiger partial charge in [-0.25, -0.2) is 13.8 Å². The lowest BCUT2D eigenvalue weighted by atomic mass is 9.95. The van der Waals surface area contributed by atoms with E-state index in [1.54, 1.807) is 31.2 Å². The predicted molar refractivity (Wildman–Crippen MR) is 120 cm³/mol. The third kappa shape index (κ3) is 3.43. The van der Waals surface area contributed by atoms with Gasteiger partial charge < -0.3 is 14.3 Å². The lowest BCUT2D eigenvalue weighted by Crippen LogP contribution is -2.31. The minimum atomic E-state index is -1.39. The number of ketones is 1. The largest absolute Gasteiger partial charge is 0.503 e. The molecule has 1 N–H and O–H groups in total. The van der Waals surface area contributed by atoms with Crippen molar-refractivity contribution in [2.75, 3.05) is 12.0 Å². The van der Waals surface area contributed by atoms with Crippen molar-refractivity contribution < 1.29 is 32.6 Å². The molecule has 0 fully saturated rings. The maximum absolute atomic E-state index is 14.9. The Morgan fingerprint density at radius 1 is 1.18 bits per heavy atom. The number of ether oxygens (including phenoxy) is 1. The average molecular weight is 482 g/mol. The van der Waals surface area contributed by atoms with E-state index in [9.17, 15) is 23.5 Å². The Hall–Kier alpha value is -4.05. The first-order valence-corrected chi connectivity index (χ1v) is 10.9. The van der Waals surface area contributed by atoms with E-state index < -0.39 is 35.1 Å². The van der Waals surface area contributed by atoms with Crippen LogP contribution in [0.15, 0.2) is 64.3 Å². The molecule has 4 aromatic rings. The number of nitrogens with zero attached hydrogens (tertiary/aromatic N) is 2. The number of carbonyl (C=O) groups is 2. The normalized spacial score (nSPS) is 16.1. The van der Waals surface area contributed by atoms with Gasteiger partial charge in [0.15, 0.2) is 16.7 Å². The zero-order valence-corrected chi connectivity index (χ0v) is 18.7. The average Bonchev–Trinajstić information content (AvgIpc) is 3.49. The summed E-state index contributed by atoms with van der Waals surface area (Å²) >= 11 is 1.10. The second kappa shape index (κ2) is 8.07. The third-order valence-corrected chi connectivity index (χ3v) is 6.48. The Morgan fingerprint density at radius 3 is 2.65 bits per heavy atom. The Balaban J connectivity index is 1.69. The van der Waals surface area contributed by atoms with Gasteiger partial charge in [-0.15, -0.1) is 0 Å². The molecule has 0 aliphatic carbocycles. The molecule has 0 saturated heterocycles. The van der Waals surface area contributed by atoms with Crippen LogP contribution in [0.5, 0.6) is 5.75 Å². The van der Waals surface area contributed by atoms with Crippen LogP contribution in [0.3, 0.4) is 0 Å². The zero-order valence-electron chi connectivity index (χ0n) is 17.8. The maximum atomic E-state index is 14.9. The van der Waals surface area contributed by atoms with Gasteiger partial charge >= 0.3 is 0 Å². The predicted octanol–water partition coefficient (Wildman–Crippen LogP) is 5.27. The Morgan fingerprint density at radius 2 is 1.97 bits per heavy atom. The number of benzene rings is 2. The number of methoxy groups -OCH3 is 1. The van der Waals surface area contributed by atoms with Crippen molar-refractivity contribution in [3.05, 3.63) is 88.6 Å². The number of aliphatic hydroxyl groups excluding tert-OH is 1. The van der Waals surface area contributed by atoms with Gasteiger partial charge in [0.25, 0.3) is 5.91 Å². The molecule has 0 radical (unpaired) electrons. The van der Waals surface area contributed by atoms with E-state index in [0.29, 0.717) is 27.8 Å². The van der Waals surface area contributed by atoms with Crippen LogP contribution in [0.1, 0.15) is 27.9 Å². The number of hydrogen-bond acceptors (Lipinski definition) is 7. The second-order valence-corrected chi connectivity index (χ2v) is 8.58. The quantitative estimate of drug-likeness (QED) is 0.390. The summed E-state index contributed by atoms with van der Waals surface area (Å²) in [5.74, 6) is -3.52. The van der Waals surface area contributed by atoms with Crippen LogP contribution in [0.4, 0.5) is 13.9 Å². The first kappa shape index (κ1) is 21.8. The van der Waals surface area contributed by atoms with Crippen molar-refractivity contribution in [1.29, 1.82) is 0 Å². The van der Waals surface area contributed by atoms with Gasteiger partial charge in [-0.2, -0.15) is 0 Å². The molecule has 34 heavy (non-hydrogen) atoms. The lowest BCUT2D eigenvalue weighted by molar-refractivity contribution is -0.117. The Kier molecular flexibility index (Phi) is 5.17. The number of Topliss-reactive ketones (excluding diaryl/α,β-unsaturated/α-hetero) is 1. The van der Waals surface area contributed by atoms with Crippen molar-refractivity contribution in [3.63, 3.8) is 0 Å². The molecule has 5 rings (SSSR count). The van der Waals surface area contributed by atoms with Crippen LogP contribution >= 0.6 is 11.3 Å². The summed E-state index contributed by atoms with van der Waals surface area (Å²) in [5, 5.41) is 10.9. The number of rotatable bonds is 5. The highest BCUT2D eigenvalue weighted by molar-refractivity contribution is 7.22. The van der Waals surface area contributed by atoms with Gasteiger partial charge in [-0.05, 0) is 43.3 Å². The maximum Gasteiger partial charge on any atom is 0.296 e. The monoisotopic (exact) mass is 482 g/mol. The standard InChI is InChI=1S/C24H16F2N2O5S/c1-11-3-8-17(33-11)21(29)19-20(14-6-4-12(25)9-15(14)26)28(23(31)22(19)30)24-27-16-7-5-13(32-2)10-18(16)34-24/h3-10,20,30H,1-2H3. The molecular weight excluding hydrogens is 466 g/mol. The smallest absolute Gasteiger partial charge is 0.296 e. The van der Waals surface area contributed by atoms with Gasteiger partial charge in [0.1, 0.15) is 29.2 Å². The summed E-state index contributed by atoms with van der Waals surface area (Å²) < 4.78 is 39.9. The highest BCUT2D eigenvalue weighted by Gasteiger charge is 2.47. The van der Waals surface area contributed by atoms with E-state index >= 15 is 0 Å². The molecule has 1 unspecified atom stereocenters. The third-order valence-electron chi connectivity index (χ3n) is 5.46. The van der Waals surface area contributed by atoms with Crippen LogP contribution in [0.2, 0.25) is 0 Å². The second-order valence-electron chi connectivity index (χ2n) is 7.58. The summed E-state index contributed by atoms with van der Waals surface area (Å²) in [7, 11) is 1.51. The summed E-state index contributed by atoms with van der Waals surface area (Å²) in [4.78, 5) is 32.0. The molecule has 1 atom stereocenters. The van der Waals surface area contributed by atoms with Crippen LogP contribution in [0, 0.1) is 18.6 Å². The molecule has 172 valence electrons. The van der Waals surface area contributed by atoms with Gasteiger partial charge in [-0.3, -0.25) is 14.5 Å². The fourth-order valence-electron chi connectivity index (χ4n) is 3.86. The fourth-order valence-corrected chi connectivity index (χ4v) is 4.88. The van der Waals surface area contributed by atoms with Gasteiger partial charge in [0, 0.05) is 11.6 Å². The number of halogens is 2. The number of thiazole rings is 1. The topological polar surface area (TPSA) is 92.9 Å². The van der Waals surface area contributed by atoms with Gasteiger partial charge in [0.05, 0.1) is 22.9 Å². The zero-order chi connectivity index (χ0) is 24.1. The molecular formula is C24H16F2N2O5S. The fraction of sp³-hybridized carbons (Fsp3) is 0.125. The van der Waals surface area contributed by atoms with E-state index in [0.717, 1.165) is 28.4 Å². The van der Waals surface area contributed by atoms with Crippen LogP contribution < -0.4 is 9.64 Å². The molecule has 3 heterocycles. The SMILES string of the molecule is COc1ccc2nc(N3C(=O)C(O)=C(C(=O)c4ccc(C)o4)C3c3ccc(F)cc3F)sc2c1. The van der Waals surface area contributed by atoms with Crippen molar-refractivity contribution in [3.8, 4) is 5.75 Å². The number of aromatic nitrogens is 1. The van der Waals surface area contributed by atoms with Crippen molar-refractivity contribution in [2.45, 2.75) is 13.0 Å². The summed E-state index contributed by atoms with van der Waals surface area (Å²) in [6.45, 7) is 1.63. The van der Waals surface area contributed by atoms with Gasteiger partial charge in [-0.1, -0.05) is 17.4 Å². The highest BCUT2D eigenvalue weighted by atomic mass is 32.1. The van der Waals surface area contributed by atoms with Crippen molar-refractivity contribution in [1.82, 2.24) is 4.98 Å². The van der Waals surface area contributed by atoms with E-state index in [-0.39, 0.29) is 22.0 Å². The molecule has 0 spiro atoms. The van der Waals surface area contributed by atoms with E-state index in [4.69, 9.17) is 9.15 Å².